The number of phenolic OH excluding ortho intramolecular Hbond substituents is 3. The standard InChI is InChI=1S/C24H18N6O3/c25-23-17(16-11-18(31)22(33)19(32)12-16)13-26-30(23)24-27-20(14-7-3-1-4-8-14)21(28-29-24)15-9-5-2-6-10-15/h1-13,31-33H,25H2. The molecule has 5 N–H and O–H groups in total. The highest BCUT2D eigenvalue weighted by Gasteiger charge is 2.19. The number of rotatable bonds is 4. The maximum Gasteiger partial charge on any atom is 0.272 e. The number of nitrogen functional groups attached to an aromatic ring is 1. The van der Waals surface area contributed by atoms with Crippen molar-refractivity contribution in [3.8, 4) is 56.8 Å². The molecule has 0 radical (unpaired) electrons. The number of anilines is 1. The average Bonchev–Trinajstić information content (AvgIpc) is 3.24. The van der Waals surface area contributed by atoms with Crippen LogP contribution < -0.4 is 5.73 Å². The smallest absolute Gasteiger partial charge is 0.272 e. The molecule has 0 bridgehead atoms. The Balaban J connectivity index is 1.64. The van der Waals surface area contributed by atoms with Crippen molar-refractivity contribution in [1.82, 2.24) is 25.0 Å². The molecule has 0 saturated heterocycles. The minimum absolute atomic E-state index is 0.157. The molecule has 0 atom stereocenters. The fraction of sp³-hybridized carbons (Fsp3) is 0. The van der Waals surface area contributed by atoms with Crippen LogP contribution in [0.2, 0.25) is 0 Å². The van der Waals surface area contributed by atoms with Crippen molar-refractivity contribution < 1.29 is 15.3 Å². The Morgan fingerprint density at radius 1 is 0.697 bits per heavy atom. The number of nitrogens with zero attached hydrogens (tertiary/aromatic N) is 5. The Morgan fingerprint density at radius 3 is 1.88 bits per heavy atom. The SMILES string of the molecule is Nc1c(-c2cc(O)c(O)c(O)c2)cnn1-c1nnc(-c2ccccc2)c(-c2ccccc2)n1. The van der Waals surface area contributed by atoms with Crippen molar-refractivity contribution in [3.05, 3.63) is 79.0 Å². The Bertz CT molecular complexity index is 1430. The van der Waals surface area contributed by atoms with Crippen LogP contribution in [0.1, 0.15) is 0 Å². The van der Waals surface area contributed by atoms with Gasteiger partial charge < -0.3 is 21.1 Å². The first-order chi connectivity index (χ1) is 16.0. The summed E-state index contributed by atoms with van der Waals surface area (Å²) < 4.78 is 1.32. The van der Waals surface area contributed by atoms with E-state index in [4.69, 9.17) is 10.7 Å². The van der Waals surface area contributed by atoms with Crippen molar-refractivity contribution in [2.75, 3.05) is 5.73 Å². The Morgan fingerprint density at radius 2 is 1.27 bits per heavy atom. The summed E-state index contributed by atoms with van der Waals surface area (Å²) in [5.41, 5.74) is 10.0. The predicted molar refractivity (Wildman–Crippen MR) is 123 cm³/mol. The number of hydrogen-bond donors (Lipinski definition) is 4. The molecule has 2 aromatic heterocycles. The number of benzene rings is 3. The van der Waals surface area contributed by atoms with E-state index in [2.05, 4.69) is 15.3 Å². The molecule has 0 fully saturated rings. The first-order valence-electron chi connectivity index (χ1n) is 9.97. The van der Waals surface area contributed by atoms with Gasteiger partial charge in [-0.1, -0.05) is 60.7 Å². The molecular formula is C24H18N6O3. The zero-order chi connectivity index (χ0) is 22.9. The number of aromatic hydroxyl groups is 3. The summed E-state index contributed by atoms with van der Waals surface area (Å²) in [6.07, 6.45) is 1.46. The van der Waals surface area contributed by atoms with Gasteiger partial charge in [-0.05, 0) is 17.7 Å². The lowest BCUT2D eigenvalue weighted by Crippen LogP contribution is -2.10. The fourth-order valence-corrected chi connectivity index (χ4v) is 3.49. The Kier molecular flexibility index (Phi) is 4.83. The fourth-order valence-electron chi connectivity index (χ4n) is 3.49. The van der Waals surface area contributed by atoms with Gasteiger partial charge in [0.05, 0.1) is 6.20 Å². The van der Waals surface area contributed by atoms with E-state index in [0.717, 1.165) is 11.1 Å². The van der Waals surface area contributed by atoms with Gasteiger partial charge in [-0.2, -0.15) is 9.78 Å². The van der Waals surface area contributed by atoms with Crippen LogP contribution in [-0.2, 0) is 0 Å². The van der Waals surface area contributed by atoms with Crippen LogP contribution in [0.3, 0.4) is 0 Å². The second kappa shape index (κ2) is 7.97. The van der Waals surface area contributed by atoms with Crippen LogP contribution in [0.4, 0.5) is 5.82 Å². The second-order valence-electron chi connectivity index (χ2n) is 7.26. The van der Waals surface area contributed by atoms with Gasteiger partial charge in [0.2, 0.25) is 0 Å². The largest absolute Gasteiger partial charge is 0.504 e. The molecule has 2 heterocycles. The topological polar surface area (TPSA) is 143 Å². The van der Waals surface area contributed by atoms with Crippen molar-refractivity contribution in [2.45, 2.75) is 0 Å². The molecule has 33 heavy (non-hydrogen) atoms. The van der Waals surface area contributed by atoms with Gasteiger partial charge in [-0.3, -0.25) is 0 Å². The Labute approximate surface area is 188 Å². The highest BCUT2D eigenvalue weighted by atomic mass is 16.3. The Hall–Kier alpha value is -4.92. The van der Waals surface area contributed by atoms with Gasteiger partial charge in [0.15, 0.2) is 17.2 Å². The van der Waals surface area contributed by atoms with Gasteiger partial charge in [0.25, 0.3) is 5.95 Å². The normalized spacial score (nSPS) is 10.9. The van der Waals surface area contributed by atoms with Gasteiger partial charge in [0.1, 0.15) is 17.2 Å². The minimum atomic E-state index is -0.610. The molecule has 162 valence electrons. The summed E-state index contributed by atoms with van der Waals surface area (Å²) in [6, 6.07) is 21.8. The van der Waals surface area contributed by atoms with Gasteiger partial charge >= 0.3 is 0 Å². The molecule has 5 aromatic rings. The molecule has 5 rings (SSSR count). The maximum atomic E-state index is 9.85. The highest BCUT2D eigenvalue weighted by Crippen LogP contribution is 2.40. The zero-order valence-electron chi connectivity index (χ0n) is 17.2. The number of hydrogen-bond acceptors (Lipinski definition) is 8. The summed E-state index contributed by atoms with van der Waals surface area (Å²) in [6.45, 7) is 0. The van der Waals surface area contributed by atoms with E-state index in [0.29, 0.717) is 22.5 Å². The van der Waals surface area contributed by atoms with E-state index in [-0.39, 0.29) is 11.8 Å². The second-order valence-corrected chi connectivity index (χ2v) is 7.26. The van der Waals surface area contributed by atoms with Crippen LogP contribution >= 0.6 is 0 Å². The first kappa shape index (κ1) is 20.0. The number of nitrogens with two attached hydrogens (primary N) is 1. The molecule has 0 saturated carbocycles. The van der Waals surface area contributed by atoms with E-state index < -0.39 is 17.2 Å². The molecule has 0 aliphatic rings. The van der Waals surface area contributed by atoms with E-state index in [1.165, 1.54) is 23.0 Å². The van der Waals surface area contributed by atoms with E-state index >= 15 is 0 Å². The van der Waals surface area contributed by atoms with Crippen LogP contribution in [0.15, 0.2) is 79.0 Å². The molecule has 9 nitrogen and oxygen atoms in total. The predicted octanol–water partition coefficient (Wildman–Crippen LogP) is 3.76. The number of phenols is 3. The van der Waals surface area contributed by atoms with Crippen molar-refractivity contribution >= 4 is 5.82 Å². The molecule has 3 aromatic carbocycles. The number of aromatic nitrogens is 5. The molecule has 0 amide bonds. The summed E-state index contributed by atoms with van der Waals surface area (Å²) in [7, 11) is 0. The molecule has 0 spiro atoms. The third-order valence-electron chi connectivity index (χ3n) is 5.15. The zero-order valence-corrected chi connectivity index (χ0v) is 17.2. The van der Waals surface area contributed by atoms with Gasteiger partial charge in [-0.25, -0.2) is 4.98 Å². The van der Waals surface area contributed by atoms with E-state index in [1.54, 1.807) is 0 Å². The third-order valence-corrected chi connectivity index (χ3v) is 5.15. The van der Waals surface area contributed by atoms with E-state index in [9.17, 15) is 15.3 Å². The van der Waals surface area contributed by atoms with Crippen molar-refractivity contribution in [2.24, 2.45) is 0 Å². The maximum absolute atomic E-state index is 9.85. The summed E-state index contributed by atoms with van der Waals surface area (Å²) in [4.78, 5) is 4.71. The van der Waals surface area contributed by atoms with Crippen LogP contribution in [0.25, 0.3) is 39.6 Å². The molecule has 0 unspecified atom stereocenters. The summed E-state index contributed by atoms with van der Waals surface area (Å²) in [5, 5.41) is 42.3. The van der Waals surface area contributed by atoms with E-state index in [1.807, 2.05) is 60.7 Å². The van der Waals surface area contributed by atoms with Gasteiger partial charge in [0, 0.05) is 16.7 Å². The lowest BCUT2D eigenvalue weighted by Gasteiger charge is -2.10. The van der Waals surface area contributed by atoms with Crippen molar-refractivity contribution in [3.63, 3.8) is 0 Å². The van der Waals surface area contributed by atoms with Crippen LogP contribution in [0, 0.1) is 0 Å². The lowest BCUT2D eigenvalue weighted by atomic mass is 10.0. The summed E-state index contributed by atoms with van der Waals surface area (Å²) >= 11 is 0. The highest BCUT2D eigenvalue weighted by molar-refractivity contribution is 5.79. The first-order valence-corrected chi connectivity index (χ1v) is 9.97. The minimum Gasteiger partial charge on any atom is -0.504 e. The summed E-state index contributed by atoms with van der Waals surface area (Å²) in [5.74, 6) is -1.24. The molecule has 9 heteroatoms. The quantitative estimate of drug-likeness (QED) is 0.311. The lowest BCUT2D eigenvalue weighted by molar-refractivity contribution is 0.368. The molecule has 0 aliphatic carbocycles. The monoisotopic (exact) mass is 438 g/mol. The molecular weight excluding hydrogens is 420 g/mol. The average molecular weight is 438 g/mol. The van der Waals surface area contributed by atoms with Crippen molar-refractivity contribution in [1.29, 1.82) is 0 Å². The van der Waals surface area contributed by atoms with Crippen LogP contribution in [0.5, 0.6) is 17.2 Å². The van der Waals surface area contributed by atoms with Gasteiger partial charge in [-0.15, -0.1) is 10.2 Å². The third kappa shape index (κ3) is 3.57. The van der Waals surface area contributed by atoms with Crippen LogP contribution in [-0.4, -0.2) is 40.3 Å². The molecule has 0 aliphatic heterocycles.